The number of nitrogens with two attached hydrogens (primary N) is 2. The van der Waals surface area contributed by atoms with Crippen molar-refractivity contribution in [3.63, 3.8) is 0 Å². The van der Waals surface area contributed by atoms with Gasteiger partial charge in [0.05, 0.1) is 4.47 Å². The Balaban J connectivity index is 2.96. The van der Waals surface area contributed by atoms with E-state index < -0.39 is 0 Å². The van der Waals surface area contributed by atoms with Crippen LogP contribution in [-0.4, -0.2) is 6.54 Å². The van der Waals surface area contributed by atoms with Crippen molar-refractivity contribution in [1.82, 2.24) is 0 Å². The highest BCUT2D eigenvalue weighted by atomic mass is 79.9. The van der Waals surface area contributed by atoms with Gasteiger partial charge >= 0.3 is 0 Å². The lowest BCUT2D eigenvalue weighted by Crippen LogP contribution is -2.20. The van der Waals surface area contributed by atoms with Crippen LogP contribution in [0, 0.1) is 5.82 Å². The van der Waals surface area contributed by atoms with Crippen LogP contribution >= 0.6 is 15.9 Å². The third kappa shape index (κ3) is 2.03. The summed E-state index contributed by atoms with van der Waals surface area (Å²) in [5.74, 6) is -0.309. The van der Waals surface area contributed by atoms with Crippen LogP contribution in [0.25, 0.3) is 0 Å². The van der Waals surface area contributed by atoms with E-state index in [1.807, 2.05) is 0 Å². The molecule has 2 nitrogen and oxygen atoms in total. The van der Waals surface area contributed by atoms with Crippen molar-refractivity contribution < 1.29 is 4.39 Å². The van der Waals surface area contributed by atoms with Crippen molar-refractivity contribution in [3.8, 4) is 0 Å². The van der Waals surface area contributed by atoms with Crippen LogP contribution in [0.3, 0.4) is 0 Å². The number of rotatable bonds is 2. The molecule has 0 unspecified atom stereocenters. The molecule has 0 saturated heterocycles. The maximum Gasteiger partial charge on any atom is 0.137 e. The van der Waals surface area contributed by atoms with Crippen LogP contribution < -0.4 is 11.5 Å². The van der Waals surface area contributed by atoms with E-state index in [2.05, 4.69) is 15.9 Å². The maximum atomic E-state index is 12.9. The van der Waals surface area contributed by atoms with Crippen LogP contribution in [0.2, 0.25) is 0 Å². The Morgan fingerprint density at radius 2 is 2.17 bits per heavy atom. The third-order valence-electron chi connectivity index (χ3n) is 1.63. The third-order valence-corrected chi connectivity index (χ3v) is 2.27. The molecule has 0 spiro atoms. The first-order valence-electron chi connectivity index (χ1n) is 3.55. The molecule has 0 heterocycles. The summed E-state index contributed by atoms with van der Waals surface area (Å²) in [4.78, 5) is 0. The number of halogens is 2. The summed E-state index contributed by atoms with van der Waals surface area (Å²) in [6, 6.07) is 4.49. The van der Waals surface area contributed by atoms with Gasteiger partial charge in [-0.1, -0.05) is 6.07 Å². The molecule has 1 rings (SSSR count). The summed E-state index contributed by atoms with van der Waals surface area (Å²) >= 11 is 3.05. The molecule has 4 heteroatoms. The van der Waals surface area contributed by atoms with Gasteiger partial charge in [-0.05, 0) is 33.6 Å². The molecule has 0 aliphatic rings. The molecular formula is C8H10BrFN2. The van der Waals surface area contributed by atoms with Gasteiger partial charge in [-0.3, -0.25) is 0 Å². The maximum absolute atomic E-state index is 12.9. The monoisotopic (exact) mass is 232 g/mol. The molecule has 1 aromatic carbocycles. The molecule has 1 atom stereocenters. The molecular weight excluding hydrogens is 223 g/mol. The van der Waals surface area contributed by atoms with Gasteiger partial charge in [-0.2, -0.15) is 0 Å². The molecule has 0 amide bonds. The Morgan fingerprint density at radius 3 is 2.67 bits per heavy atom. The summed E-state index contributed by atoms with van der Waals surface area (Å²) in [6.45, 7) is 0.321. The molecule has 4 N–H and O–H groups in total. The Kier molecular flexibility index (Phi) is 3.20. The smallest absolute Gasteiger partial charge is 0.137 e. The zero-order valence-electron chi connectivity index (χ0n) is 6.43. The van der Waals surface area contributed by atoms with Gasteiger partial charge in [-0.25, -0.2) is 4.39 Å². The van der Waals surface area contributed by atoms with E-state index >= 15 is 0 Å². The Labute approximate surface area is 78.9 Å². The van der Waals surface area contributed by atoms with E-state index in [1.165, 1.54) is 6.07 Å². The van der Waals surface area contributed by atoms with Gasteiger partial charge in [0, 0.05) is 12.6 Å². The Bertz CT molecular complexity index is 278. The fourth-order valence-corrected chi connectivity index (χ4v) is 1.13. The van der Waals surface area contributed by atoms with Gasteiger partial charge in [-0.15, -0.1) is 0 Å². The van der Waals surface area contributed by atoms with Crippen LogP contribution in [-0.2, 0) is 0 Å². The van der Waals surface area contributed by atoms with Crippen LogP contribution in [0.4, 0.5) is 4.39 Å². The number of hydrogen-bond donors (Lipinski definition) is 2. The van der Waals surface area contributed by atoms with Crippen LogP contribution in [0.5, 0.6) is 0 Å². The second-order valence-electron chi connectivity index (χ2n) is 2.52. The summed E-state index contributed by atoms with van der Waals surface area (Å²) < 4.78 is 13.4. The highest BCUT2D eigenvalue weighted by Gasteiger charge is 2.06. The van der Waals surface area contributed by atoms with E-state index in [-0.39, 0.29) is 11.9 Å². The average molecular weight is 233 g/mol. The van der Waals surface area contributed by atoms with E-state index in [9.17, 15) is 4.39 Å². The molecule has 0 radical (unpaired) electrons. The number of benzene rings is 1. The minimum Gasteiger partial charge on any atom is -0.329 e. The molecule has 0 fully saturated rings. The summed E-state index contributed by atoms with van der Waals surface area (Å²) in [6.07, 6.45) is 0. The predicted octanol–water partition coefficient (Wildman–Crippen LogP) is 1.55. The van der Waals surface area contributed by atoms with Crippen molar-refractivity contribution in [2.24, 2.45) is 11.5 Å². The largest absolute Gasteiger partial charge is 0.329 e. The van der Waals surface area contributed by atoms with Gasteiger partial charge in [0.1, 0.15) is 5.82 Å². The van der Waals surface area contributed by atoms with Crippen molar-refractivity contribution in [3.05, 3.63) is 34.1 Å². The first kappa shape index (κ1) is 9.64. The zero-order valence-corrected chi connectivity index (χ0v) is 8.01. The van der Waals surface area contributed by atoms with Crippen molar-refractivity contribution in [2.75, 3.05) is 6.54 Å². The Morgan fingerprint density at radius 1 is 1.50 bits per heavy atom. The molecule has 0 aliphatic heterocycles. The first-order chi connectivity index (χ1) is 5.65. The fraction of sp³-hybridized carbons (Fsp3) is 0.250. The van der Waals surface area contributed by atoms with Crippen LogP contribution in [0.1, 0.15) is 11.6 Å². The minimum atomic E-state index is -0.309. The van der Waals surface area contributed by atoms with Crippen LogP contribution in [0.15, 0.2) is 22.7 Å². The van der Waals surface area contributed by atoms with Crippen molar-refractivity contribution >= 4 is 15.9 Å². The molecule has 12 heavy (non-hydrogen) atoms. The second-order valence-corrected chi connectivity index (χ2v) is 3.37. The number of hydrogen-bond acceptors (Lipinski definition) is 2. The predicted molar refractivity (Wildman–Crippen MR) is 50.1 cm³/mol. The van der Waals surface area contributed by atoms with E-state index in [0.717, 1.165) is 5.56 Å². The highest BCUT2D eigenvalue weighted by Crippen LogP contribution is 2.18. The lowest BCUT2D eigenvalue weighted by molar-refractivity contribution is 0.613. The average Bonchev–Trinajstić information content (AvgIpc) is 2.08. The first-order valence-corrected chi connectivity index (χ1v) is 4.35. The van der Waals surface area contributed by atoms with E-state index in [4.69, 9.17) is 11.5 Å². The molecule has 0 aromatic heterocycles. The fourth-order valence-electron chi connectivity index (χ4n) is 0.879. The van der Waals surface area contributed by atoms with Gasteiger partial charge < -0.3 is 11.5 Å². The SMILES string of the molecule is NC[C@@H](N)c1ccc(Br)c(F)c1. The van der Waals surface area contributed by atoms with Gasteiger partial charge in [0.25, 0.3) is 0 Å². The van der Waals surface area contributed by atoms with Crippen molar-refractivity contribution in [2.45, 2.75) is 6.04 Å². The molecule has 0 saturated carbocycles. The minimum absolute atomic E-state index is 0.285. The molecule has 1 aromatic rings. The molecule has 0 aliphatic carbocycles. The molecule has 66 valence electrons. The summed E-state index contributed by atoms with van der Waals surface area (Å²) in [5, 5.41) is 0. The van der Waals surface area contributed by atoms with E-state index in [1.54, 1.807) is 12.1 Å². The summed E-state index contributed by atoms with van der Waals surface area (Å²) in [5.41, 5.74) is 11.7. The Hall–Kier alpha value is -0.450. The highest BCUT2D eigenvalue weighted by molar-refractivity contribution is 9.10. The topological polar surface area (TPSA) is 52.0 Å². The van der Waals surface area contributed by atoms with E-state index in [0.29, 0.717) is 11.0 Å². The van der Waals surface area contributed by atoms with Crippen molar-refractivity contribution in [1.29, 1.82) is 0 Å². The van der Waals surface area contributed by atoms with Gasteiger partial charge in [0.2, 0.25) is 0 Å². The lowest BCUT2D eigenvalue weighted by Gasteiger charge is -2.08. The quantitative estimate of drug-likeness (QED) is 0.814. The normalized spacial score (nSPS) is 13.0. The second kappa shape index (κ2) is 3.98. The lowest BCUT2D eigenvalue weighted by atomic mass is 10.1. The van der Waals surface area contributed by atoms with Gasteiger partial charge in [0.15, 0.2) is 0 Å². The summed E-state index contributed by atoms with van der Waals surface area (Å²) in [7, 11) is 0. The molecule has 0 bridgehead atoms. The zero-order chi connectivity index (χ0) is 9.14. The standard InChI is InChI=1S/C8H10BrFN2/c9-6-2-1-5(3-7(6)10)8(12)4-11/h1-3,8H,4,11-12H2/t8-/m1/s1.